The quantitative estimate of drug-likeness (QED) is 0.687. The van der Waals surface area contributed by atoms with Gasteiger partial charge in [0.15, 0.2) is 0 Å². The molecule has 3 aromatic carbocycles. The van der Waals surface area contributed by atoms with Gasteiger partial charge in [0, 0.05) is 5.69 Å². The molecule has 0 fully saturated rings. The number of carbonyl (C=O) groups excluding carboxylic acids is 1. The topological polar surface area (TPSA) is 41.1 Å². The number of benzene rings is 3. The zero-order chi connectivity index (χ0) is 18.4. The van der Waals surface area contributed by atoms with Crippen LogP contribution in [-0.2, 0) is 4.79 Å². The maximum absolute atomic E-state index is 13.3. The van der Waals surface area contributed by atoms with Crippen molar-refractivity contribution in [3.05, 3.63) is 102 Å². The van der Waals surface area contributed by atoms with Crippen molar-refractivity contribution in [2.75, 3.05) is 5.32 Å². The van der Waals surface area contributed by atoms with E-state index in [4.69, 9.17) is 0 Å². The Morgan fingerprint density at radius 1 is 0.846 bits per heavy atom. The van der Waals surface area contributed by atoms with Gasteiger partial charge in [-0.05, 0) is 36.2 Å². The molecule has 3 aromatic rings. The lowest BCUT2D eigenvalue weighted by molar-refractivity contribution is -0.117. The molecule has 1 amide bonds. The highest BCUT2D eigenvalue weighted by molar-refractivity contribution is 5.94. The first-order chi connectivity index (χ1) is 12.6. The molecule has 0 unspecified atom stereocenters. The molecule has 0 aromatic heterocycles. The zero-order valence-electron chi connectivity index (χ0n) is 14.5. The molecule has 0 aliphatic carbocycles. The number of nitrogens with one attached hydrogen (secondary N) is 2. The Morgan fingerprint density at radius 2 is 1.42 bits per heavy atom. The van der Waals surface area contributed by atoms with Gasteiger partial charge < -0.3 is 5.32 Å². The second-order valence-corrected chi connectivity index (χ2v) is 6.14. The summed E-state index contributed by atoms with van der Waals surface area (Å²) in [5, 5.41) is 6.13. The average Bonchev–Trinajstić information content (AvgIpc) is 2.67. The number of amides is 1. The van der Waals surface area contributed by atoms with Gasteiger partial charge in [0.25, 0.3) is 0 Å². The van der Waals surface area contributed by atoms with Crippen LogP contribution in [0.5, 0.6) is 0 Å². The molecule has 4 heteroatoms. The minimum Gasteiger partial charge on any atom is -0.325 e. The summed E-state index contributed by atoms with van der Waals surface area (Å²) in [6.45, 7) is 1.80. The predicted molar refractivity (Wildman–Crippen MR) is 102 cm³/mol. The Bertz CT molecular complexity index is 813. The fourth-order valence-electron chi connectivity index (χ4n) is 2.82. The molecule has 3 nitrogen and oxygen atoms in total. The zero-order valence-corrected chi connectivity index (χ0v) is 14.5. The molecule has 2 N–H and O–H groups in total. The summed E-state index contributed by atoms with van der Waals surface area (Å²) in [5.74, 6) is -0.595. The van der Waals surface area contributed by atoms with E-state index in [9.17, 15) is 9.18 Å². The monoisotopic (exact) mass is 348 g/mol. The van der Waals surface area contributed by atoms with Gasteiger partial charge in [0.1, 0.15) is 5.82 Å². The van der Waals surface area contributed by atoms with Gasteiger partial charge in [-0.3, -0.25) is 10.1 Å². The summed E-state index contributed by atoms with van der Waals surface area (Å²) in [7, 11) is 0. The van der Waals surface area contributed by atoms with E-state index in [0.29, 0.717) is 5.69 Å². The lowest BCUT2D eigenvalue weighted by Crippen LogP contribution is -2.40. The normalized spacial score (nSPS) is 12.0. The number of anilines is 1. The largest absolute Gasteiger partial charge is 0.325 e. The summed E-state index contributed by atoms with van der Waals surface area (Å²) in [4.78, 5) is 12.5. The van der Waals surface area contributed by atoms with Crippen molar-refractivity contribution in [2.45, 2.75) is 19.0 Å². The van der Waals surface area contributed by atoms with Crippen LogP contribution in [0, 0.1) is 5.82 Å². The molecule has 0 saturated heterocycles. The Hall–Kier alpha value is -2.98. The Labute approximate surface area is 152 Å². The van der Waals surface area contributed by atoms with E-state index in [0.717, 1.165) is 11.1 Å². The van der Waals surface area contributed by atoms with Gasteiger partial charge >= 0.3 is 0 Å². The van der Waals surface area contributed by atoms with E-state index in [1.54, 1.807) is 19.1 Å². The van der Waals surface area contributed by atoms with Crippen molar-refractivity contribution in [2.24, 2.45) is 0 Å². The molecule has 0 saturated carbocycles. The second kappa shape index (κ2) is 8.41. The number of halogens is 1. The maximum atomic E-state index is 13.3. The first-order valence-electron chi connectivity index (χ1n) is 8.56. The van der Waals surface area contributed by atoms with Crippen LogP contribution in [0.2, 0.25) is 0 Å². The summed E-state index contributed by atoms with van der Waals surface area (Å²) < 4.78 is 13.3. The van der Waals surface area contributed by atoms with E-state index >= 15 is 0 Å². The molecule has 26 heavy (non-hydrogen) atoms. The summed E-state index contributed by atoms with van der Waals surface area (Å²) in [6, 6.07) is 25.2. The van der Waals surface area contributed by atoms with Crippen molar-refractivity contribution < 1.29 is 9.18 Å². The molecule has 0 aliphatic rings. The minimum atomic E-state index is -0.469. The van der Waals surface area contributed by atoms with Crippen LogP contribution in [0.25, 0.3) is 0 Å². The third-order valence-electron chi connectivity index (χ3n) is 4.17. The highest BCUT2D eigenvalue weighted by atomic mass is 19.1. The highest BCUT2D eigenvalue weighted by Gasteiger charge is 2.20. The van der Waals surface area contributed by atoms with Crippen molar-refractivity contribution in [3.63, 3.8) is 0 Å². The SMILES string of the molecule is C[C@H](NC(c1ccccc1)c1ccccc1)C(=O)Nc1cccc(F)c1. The summed E-state index contributed by atoms with van der Waals surface area (Å²) in [5.41, 5.74) is 2.59. The van der Waals surface area contributed by atoms with Crippen LogP contribution in [0.4, 0.5) is 10.1 Å². The summed E-state index contributed by atoms with van der Waals surface area (Å²) in [6.07, 6.45) is 0. The van der Waals surface area contributed by atoms with E-state index in [2.05, 4.69) is 10.6 Å². The lowest BCUT2D eigenvalue weighted by Gasteiger charge is -2.24. The molecule has 0 heterocycles. The van der Waals surface area contributed by atoms with Gasteiger partial charge in [-0.25, -0.2) is 4.39 Å². The van der Waals surface area contributed by atoms with E-state index in [-0.39, 0.29) is 17.8 Å². The molecule has 0 radical (unpaired) electrons. The van der Waals surface area contributed by atoms with E-state index < -0.39 is 6.04 Å². The molecule has 0 bridgehead atoms. The third-order valence-corrected chi connectivity index (χ3v) is 4.17. The number of hydrogen-bond acceptors (Lipinski definition) is 2. The number of carbonyl (C=O) groups is 1. The van der Waals surface area contributed by atoms with Gasteiger partial charge in [-0.2, -0.15) is 0 Å². The molecular formula is C22H21FN2O. The highest BCUT2D eigenvalue weighted by Crippen LogP contribution is 2.22. The molecular weight excluding hydrogens is 327 g/mol. The van der Waals surface area contributed by atoms with Crippen molar-refractivity contribution >= 4 is 11.6 Å². The molecule has 0 aliphatic heterocycles. The van der Waals surface area contributed by atoms with Gasteiger partial charge in [0.05, 0.1) is 12.1 Å². The van der Waals surface area contributed by atoms with Gasteiger partial charge in [-0.15, -0.1) is 0 Å². The fourth-order valence-corrected chi connectivity index (χ4v) is 2.82. The smallest absolute Gasteiger partial charge is 0.241 e. The standard InChI is InChI=1S/C22H21FN2O/c1-16(22(26)25-20-14-8-13-19(23)15-20)24-21(17-9-4-2-5-10-17)18-11-6-3-7-12-18/h2-16,21,24H,1H3,(H,25,26)/t16-/m0/s1. The number of hydrogen-bond donors (Lipinski definition) is 2. The van der Waals surface area contributed by atoms with Crippen LogP contribution in [-0.4, -0.2) is 11.9 Å². The van der Waals surface area contributed by atoms with Crippen LogP contribution < -0.4 is 10.6 Å². The van der Waals surface area contributed by atoms with Crippen molar-refractivity contribution in [1.29, 1.82) is 0 Å². The van der Waals surface area contributed by atoms with Crippen LogP contribution >= 0.6 is 0 Å². The maximum Gasteiger partial charge on any atom is 0.241 e. The Morgan fingerprint density at radius 3 is 1.96 bits per heavy atom. The molecule has 3 rings (SSSR count). The molecule has 0 spiro atoms. The Kier molecular flexibility index (Phi) is 5.77. The predicted octanol–water partition coefficient (Wildman–Crippen LogP) is 4.53. The summed E-state index contributed by atoms with van der Waals surface area (Å²) >= 11 is 0. The number of rotatable bonds is 6. The lowest BCUT2D eigenvalue weighted by atomic mass is 9.98. The molecule has 1 atom stereocenters. The first-order valence-corrected chi connectivity index (χ1v) is 8.56. The fraction of sp³-hybridized carbons (Fsp3) is 0.136. The Balaban J connectivity index is 1.77. The molecule has 132 valence electrons. The van der Waals surface area contributed by atoms with Crippen molar-refractivity contribution in [3.8, 4) is 0 Å². The van der Waals surface area contributed by atoms with Crippen LogP contribution in [0.1, 0.15) is 24.1 Å². The second-order valence-electron chi connectivity index (χ2n) is 6.14. The van der Waals surface area contributed by atoms with E-state index in [1.165, 1.54) is 12.1 Å². The average molecular weight is 348 g/mol. The van der Waals surface area contributed by atoms with Crippen LogP contribution in [0.3, 0.4) is 0 Å². The third kappa shape index (κ3) is 4.55. The van der Waals surface area contributed by atoms with Gasteiger partial charge in [-0.1, -0.05) is 66.7 Å². The minimum absolute atomic E-state index is 0.120. The van der Waals surface area contributed by atoms with Crippen molar-refractivity contribution in [1.82, 2.24) is 5.32 Å². The van der Waals surface area contributed by atoms with Gasteiger partial charge in [0.2, 0.25) is 5.91 Å². The first kappa shape index (κ1) is 17.8. The van der Waals surface area contributed by atoms with E-state index in [1.807, 2.05) is 60.7 Å². The van der Waals surface area contributed by atoms with Crippen LogP contribution in [0.15, 0.2) is 84.9 Å².